The van der Waals surface area contributed by atoms with Crippen LogP contribution >= 0.6 is 7.75 Å². The van der Waals surface area contributed by atoms with Gasteiger partial charge >= 0.3 is 20.1 Å². The lowest BCUT2D eigenvalue weighted by atomic mass is 10.3. The van der Waals surface area contributed by atoms with Gasteiger partial charge in [0.25, 0.3) is 0 Å². The Morgan fingerprint density at radius 1 is 0.857 bits per heavy atom. The Morgan fingerprint density at radius 3 is 1.33 bits per heavy atom. The quantitative estimate of drug-likeness (QED) is 0.507. The van der Waals surface area contributed by atoms with Crippen molar-refractivity contribution in [2.45, 2.75) is 52.1 Å². The fourth-order valence-corrected chi connectivity index (χ4v) is 3.73. The Balaban J connectivity index is 5.27. The molecule has 0 saturated heterocycles. The van der Waals surface area contributed by atoms with Crippen LogP contribution in [0.5, 0.6) is 0 Å². The largest absolute Gasteiger partial charge is 0.412 e. The van der Waals surface area contributed by atoms with E-state index in [9.17, 15) is 30.9 Å². The number of rotatable bonds is 7. The molecule has 0 fully saturated rings. The summed E-state index contributed by atoms with van der Waals surface area (Å²) in [5.74, 6) is 0. The SMILES string of the molecule is CC(C)N(C(C)C)P(=O)(OCC(F)(F)F)OCC(F)(F)F. The number of halogens is 6. The molecule has 0 radical (unpaired) electrons. The maximum absolute atomic E-state index is 12.4. The highest BCUT2D eigenvalue weighted by molar-refractivity contribution is 7.51. The summed E-state index contributed by atoms with van der Waals surface area (Å²) < 4.78 is 94.8. The number of alkyl halides is 6. The van der Waals surface area contributed by atoms with Crippen LogP contribution in [0.1, 0.15) is 27.7 Å². The summed E-state index contributed by atoms with van der Waals surface area (Å²) in [7, 11) is -4.74. The highest BCUT2D eigenvalue weighted by Gasteiger charge is 2.44. The molecule has 4 nitrogen and oxygen atoms in total. The van der Waals surface area contributed by atoms with Gasteiger partial charge in [-0.2, -0.15) is 26.3 Å². The first-order chi connectivity index (χ1) is 9.18. The maximum Gasteiger partial charge on any atom is 0.412 e. The first kappa shape index (κ1) is 20.7. The van der Waals surface area contributed by atoms with E-state index < -0.39 is 45.4 Å². The Morgan fingerprint density at radius 2 is 1.14 bits per heavy atom. The lowest BCUT2D eigenvalue weighted by Crippen LogP contribution is -2.37. The summed E-state index contributed by atoms with van der Waals surface area (Å²) in [6.07, 6.45) is -9.67. The topological polar surface area (TPSA) is 38.8 Å². The molecule has 0 aliphatic heterocycles. The lowest BCUT2D eigenvalue weighted by molar-refractivity contribution is -0.168. The van der Waals surface area contributed by atoms with Gasteiger partial charge in [0.15, 0.2) is 13.2 Å². The van der Waals surface area contributed by atoms with Crippen LogP contribution in [0.25, 0.3) is 0 Å². The van der Waals surface area contributed by atoms with Crippen molar-refractivity contribution in [1.82, 2.24) is 4.67 Å². The van der Waals surface area contributed by atoms with Crippen LogP contribution in [0.3, 0.4) is 0 Å². The van der Waals surface area contributed by atoms with Crippen molar-refractivity contribution in [3.05, 3.63) is 0 Å². The van der Waals surface area contributed by atoms with Gasteiger partial charge in [-0.05, 0) is 27.7 Å². The van der Waals surface area contributed by atoms with Gasteiger partial charge in [-0.15, -0.1) is 0 Å². The first-order valence-corrected chi connectivity index (χ1v) is 7.49. The Labute approximate surface area is 119 Å². The molecule has 0 aliphatic carbocycles. The summed E-state index contributed by atoms with van der Waals surface area (Å²) in [5.41, 5.74) is 0. The minimum Gasteiger partial charge on any atom is -0.287 e. The van der Waals surface area contributed by atoms with Crippen LogP contribution in [0, 0.1) is 0 Å². The Hall–Kier alpha value is -0.310. The normalized spacial score (nSPS) is 14.5. The predicted molar refractivity (Wildman–Crippen MR) is 63.7 cm³/mol. The van der Waals surface area contributed by atoms with Gasteiger partial charge in [0.1, 0.15) is 0 Å². The lowest BCUT2D eigenvalue weighted by Gasteiger charge is -2.36. The summed E-state index contributed by atoms with van der Waals surface area (Å²) in [6, 6.07) is -1.28. The molecule has 0 spiro atoms. The van der Waals surface area contributed by atoms with Gasteiger partial charge < -0.3 is 0 Å². The van der Waals surface area contributed by atoms with Crippen LogP contribution < -0.4 is 0 Å². The molecular formula is C10H18F6NO3P. The predicted octanol–water partition coefficient (Wildman–Crippen LogP) is 4.37. The zero-order chi connectivity index (χ0) is 17.1. The molecule has 0 bridgehead atoms. The molecule has 0 N–H and O–H groups in total. The second-order valence-corrected chi connectivity index (χ2v) is 6.73. The highest BCUT2D eigenvalue weighted by atomic mass is 31.2. The van der Waals surface area contributed by atoms with Crippen LogP contribution in [0.2, 0.25) is 0 Å². The Bertz CT molecular complexity index is 339. The average Bonchev–Trinajstić information content (AvgIpc) is 2.21. The smallest absolute Gasteiger partial charge is 0.287 e. The minimum atomic E-state index is -4.84. The molecule has 0 rings (SSSR count). The molecule has 21 heavy (non-hydrogen) atoms. The number of nitrogens with zero attached hydrogens (tertiary/aromatic N) is 1. The van der Waals surface area contributed by atoms with E-state index in [-0.39, 0.29) is 0 Å². The van der Waals surface area contributed by atoms with E-state index in [1.165, 1.54) is 27.7 Å². The third-order valence-electron chi connectivity index (χ3n) is 2.12. The van der Waals surface area contributed by atoms with Crippen molar-refractivity contribution in [1.29, 1.82) is 0 Å². The fourth-order valence-electron chi connectivity index (χ4n) is 1.64. The van der Waals surface area contributed by atoms with E-state index in [0.29, 0.717) is 0 Å². The molecule has 128 valence electrons. The third kappa shape index (κ3) is 8.04. The molecule has 0 aromatic rings. The first-order valence-electron chi connectivity index (χ1n) is 5.99. The van der Waals surface area contributed by atoms with Crippen molar-refractivity contribution in [2.75, 3.05) is 13.2 Å². The van der Waals surface area contributed by atoms with E-state index in [1.807, 2.05) is 0 Å². The van der Waals surface area contributed by atoms with Crippen molar-refractivity contribution in [2.24, 2.45) is 0 Å². The number of hydrogen-bond donors (Lipinski definition) is 0. The summed E-state index contributed by atoms with van der Waals surface area (Å²) in [6.45, 7) is 1.92. The minimum absolute atomic E-state index is 0.641. The van der Waals surface area contributed by atoms with Crippen molar-refractivity contribution >= 4 is 7.75 Å². The van der Waals surface area contributed by atoms with E-state index >= 15 is 0 Å². The zero-order valence-corrected chi connectivity index (χ0v) is 12.9. The third-order valence-corrected chi connectivity index (χ3v) is 4.52. The standard InChI is InChI=1S/C10H18F6NO3P/c1-7(2)17(8(3)4)21(18,19-5-9(11,12)13)20-6-10(14,15)16/h7-8H,5-6H2,1-4H3. The van der Waals surface area contributed by atoms with E-state index in [1.54, 1.807) is 0 Å². The summed E-state index contributed by atoms with van der Waals surface area (Å²) in [4.78, 5) is 0. The molecule has 11 heteroatoms. The van der Waals surface area contributed by atoms with Crippen LogP contribution in [0.15, 0.2) is 0 Å². The van der Waals surface area contributed by atoms with E-state index in [0.717, 1.165) is 4.67 Å². The second-order valence-electron chi connectivity index (χ2n) is 4.81. The average molecular weight is 345 g/mol. The number of hydrogen-bond acceptors (Lipinski definition) is 3. The molecular weight excluding hydrogens is 327 g/mol. The Kier molecular flexibility index (Phi) is 7.19. The maximum atomic E-state index is 12.4. The van der Waals surface area contributed by atoms with E-state index in [2.05, 4.69) is 9.05 Å². The molecule has 0 aliphatic rings. The molecule has 0 heterocycles. The van der Waals surface area contributed by atoms with Gasteiger partial charge in [0, 0.05) is 12.1 Å². The summed E-state index contributed by atoms with van der Waals surface area (Å²) in [5, 5.41) is 0. The molecule has 0 atom stereocenters. The van der Waals surface area contributed by atoms with Gasteiger partial charge in [-0.3, -0.25) is 9.05 Å². The van der Waals surface area contributed by atoms with Crippen LogP contribution in [0.4, 0.5) is 26.3 Å². The molecule has 0 aromatic carbocycles. The molecule has 0 amide bonds. The monoisotopic (exact) mass is 345 g/mol. The highest BCUT2D eigenvalue weighted by Crippen LogP contribution is 2.55. The van der Waals surface area contributed by atoms with Gasteiger partial charge in [0.05, 0.1) is 0 Å². The fraction of sp³-hybridized carbons (Fsp3) is 1.00. The van der Waals surface area contributed by atoms with Crippen molar-refractivity contribution in [3.63, 3.8) is 0 Å². The second kappa shape index (κ2) is 7.30. The van der Waals surface area contributed by atoms with Crippen molar-refractivity contribution < 1.29 is 40.0 Å². The molecule has 0 aromatic heterocycles. The van der Waals surface area contributed by atoms with Crippen LogP contribution in [-0.2, 0) is 13.6 Å². The zero-order valence-electron chi connectivity index (χ0n) is 12.0. The van der Waals surface area contributed by atoms with Crippen LogP contribution in [-0.4, -0.2) is 42.3 Å². The van der Waals surface area contributed by atoms with E-state index in [4.69, 9.17) is 0 Å². The molecule has 0 saturated carbocycles. The van der Waals surface area contributed by atoms with Gasteiger partial charge in [0.2, 0.25) is 0 Å². The van der Waals surface area contributed by atoms with Gasteiger partial charge in [-0.1, -0.05) is 0 Å². The van der Waals surface area contributed by atoms with Crippen molar-refractivity contribution in [3.8, 4) is 0 Å². The van der Waals surface area contributed by atoms with Gasteiger partial charge in [-0.25, -0.2) is 9.24 Å². The molecule has 0 unspecified atom stereocenters. The summed E-state index contributed by atoms with van der Waals surface area (Å²) >= 11 is 0.